The summed E-state index contributed by atoms with van der Waals surface area (Å²) in [4.78, 5) is 13.2. The molecule has 1 heterocycles. The Morgan fingerprint density at radius 2 is 2.31 bits per heavy atom. The molecule has 0 aromatic heterocycles. The summed E-state index contributed by atoms with van der Waals surface area (Å²) < 4.78 is 5.60. The van der Waals surface area contributed by atoms with Crippen molar-refractivity contribution in [2.45, 2.75) is 19.8 Å². The van der Waals surface area contributed by atoms with Crippen molar-refractivity contribution < 1.29 is 9.53 Å². The van der Waals surface area contributed by atoms with Crippen molar-refractivity contribution in [1.29, 1.82) is 0 Å². The molecule has 0 radical (unpaired) electrons. The summed E-state index contributed by atoms with van der Waals surface area (Å²) in [6, 6.07) is 7.97. The number of benzene rings is 1. The van der Waals surface area contributed by atoms with Gasteiger partial charge >= 0.3 is 0 Å². The first-order valence-corrected chi connectivity index (χ1v) is 5.73. The molecule has 1 aliphatic heterocycles. The van der Waals surface area contributed by atoms with E-state index in [4.69, 9.17) is 4.74 Å². The second-order valence-corrected chi connectivity index (χ2v) is 4.15. The Kier molecular flexibility index (Phi) is 3.44. The number of likely N-dealkylation sites (tertiary alicyclic amines) is 1. The van der Waals surface area contributed by atoms with Crippen LogP contribution in [-0.4, -0.2) is 30.5 Å². The molecule has 0 saturated carbocycles. The fraction of sp³-hybridized carbons (Fsp3) is 0.462. The van der Waals surface area contributed by atoms with Crippen LogP contribution in [0.15, 0.2) is 24.3 Å². The van der Waals surface area contributed by atoms with Crippen LogP contribution in [0, 0.1) is 6.92 Å². The van der Waals surface area contributed by atoms with E-state index in [1.165, 1.54) is 5.56 Å². The van der Waals surface area contributed by atoms with Crippen molar-refractivity contribution in [3.8, 4) is 5.75 Å². The normalized spacial score (nSPS) is 15.6. The number of aryl methyl sites for hydroxylation is 1. The van der Waals surface area contributed by atoms with E-state index in [0.29, 0.717) is 19.6 Å². The highest BCUT2D eigenvalue weighted by Crippen LogP contribution is 2.13. The maximum atomic E-state index is 11.3. The molecule has 1 aromatic rings. The highest BCUT2D eigenvalue weighted by molar-refractivity contribution is 5.78. The largest absolute Gasteiger partial charge is 0.492 e. The molecule has 0 atom stereocenters. The number of ether oxygens (including phenoxy) is 1. The number of carbonyl (C=O) groups is 1. The topological polar surface area (TPSA) is 29.5 Å². The number of hydrogen-bond donors (Lipinski definition) is 0. The highest BCUT2D eigenvalue weighted by Gasteiger charge is 2.19. The van der Waals surface area contributed by atoms with Crippen LogP contribution in [0.2, 0.25) is 0 Å². The lowest BCUT2D eigenvalue weighted by atomic mass is 10.2. The van der Waals surface area contributed by atoms with Crippen molar-refractivity contribution in [3.05, 3.63) is 29.8 Å². The van der Waals surface area contributed by atoms with Gasteiger partial charge in [0.15, 0.2) is 0 Å². The monoisotopic (exact) mass is 219 g/mol. The van der Waals surface area contributed by atoms with Crippen molar-refractivity contribution in [2.75, 3.05) is 19.7 Å². The van der Waals surface area contributed by atoms with Gasteiger partial charge < -0.3 is 9.64 Å². The summed E-state index contributed by atoms with van der Waals surface area (Å²) in [5.74, 6) is 1.14. The second kappa shape index (κ2) is 5.01. The molecular weight excluding hydrogens is 202 g/mol. The van der Waals surface area contributed by atoms with Crippen molar-refractivity contribution in [2.24, 2.45) is 0 Å². The summed E-state index contributed by atoms with van der Waals surface area (Å²) in [7, 11) is 0. The van der Waals surface area contributed by atoms with E-state index < -0.39 is 0 Å². The lowest BCUT2D eigenvalue weighted by molar-refractivity contribution is -0.128. The van der Waals surface area contributed by atoms with Crippen LogP contribution in [0.25, 0.3) is 0 Å². The summed E-state index contributed by atoms with van der Waals surface area (Å²) in [6.45, 7) is 4.20. The van der Waals surface area contributed by atoms with Gasteiger partial charge in [0.25, 0.3) is 0 Å². The third-order valence-electron chi connectivity index (χ3n) is 2.79. The lowest BCUT2D eigenvalue weighted by Crippen LogP contribution is -2.29. The van der Waals surface area contributed by atoms with Gasteiger partial charge in [-0.2, -0.15) is 0 Å². The molecule has 86 valence electrons. The SMILES string of the molecule is Cc1cccc(OCCN2CCCC2=O)c1. The van der Waals surface area contributed by atoms with Crippen LogP contribution >= 0.6 is 0 Å². The van der Waals surface area contributed by atoms with Gasteiger partial charge in [0.2, 0.25) is 5.91 Å². The Balaban J connectivity index is 1.77. The van der Waals surface area contributed by atoms with Gasteiger partial charge in [-0.3, -0.25) is 4.79 Å². The second-order valence-electron chi connectivity index (χ2n) is 4.15. The maximum Gasteiger partial charge on any atom is 0.222 e. The number of rotatable bonds is 4. The summed E-state index contributed by atoms with van der Waals surface area (Å²) in [5.41, 5.74) is 1.19. The van der Waals surface area contributed by atoms with Gasteiger partial charge in [0.1, 0.15) is 12.4 Å². The third kappa shape index (κ3) is 2.75. The van der Waals surface area contributed by atoms with Crippen molar-refractivity contribution in [3.63, 3.8) is 0 Å². The summed E-state index contributed by atoms with van der Waals surface area (Å²) in [5, 5.41) is 0. The summed E-state index contributed by atoms with van der Waals surface area (Å²) in [6.07, 6.45) is 1.69. The van der Waals surface area contributed by atoms with Gasteiger partial charge in [-0.05, 0) is 31.0 Å². The predicted molar refractivity (Wildman–Crippen MR) is 62.5 cm³/mol. The minimum Gasteiger partial charge on any atom is -0.492 e. The molecule has 0 bridgehead atoms. The van der Waals surface area contributed by atoms with Gasteiger partial charge in [0.05, 0.1) is 6.54 Å². The number of carbonyl (C=O) groups excluding carboxylic acids is 1. The van der Waals surface area contributed by atoms with E-state index in [1.54, 1.807) is 0 Å². The molecule has 1 fully saturated rings. The highest BCUT2D eigenvalue weighted by atomic mass is 16.5. The van der Waals surface area contributed by atoms with E-state index in [2.05, 4.69) is 0 Å². The first kappa shape index (κ1) is 11.0. The van der Waals surface area contributed by atoms with Crippen LogP contribution in [-0.2, 0) is 4.79 Å². The Bertz CT molecular complexity index is 376. The molecule has 0 aliphatic carbocycles. The molecule has 1 saturated heterocycles. The number of amides is 1. The quantitative estimate of drug-likeness (QED) is 0.775. The number of hydrogen-bond acceptors (Lipinski definition) is 2. The third-order valence-corrected chi connectivity index (χ3v) is 2.79. The molecule has 3 heteroatoms. The molecular formula is C13H17NO2. The molecule has 16 heavy (non-hydrogen) atoms. The average molecular weight is 219 g/mol. The van der Waals surface area contributed by atoms with Gasteiger partial charge in [-0.15, -0.1) is 0 Å². The fourth-order valence-electron chi connectivity index (χ4n) is 1.92. The Morgan fingerprint density at radius 1 is 1.44 bits per heavy atom. The molecule has 0 N–H and O–H groups in total. The zero-order valence-corrected chi connectivity index (χ0v) is 9.61. The molecule has 2 rings (SSSR count). The van der Waals surface area contributed by atoms with Crippen LogP contribution in [0.5, 0.6) is 5.75 Å². The van der Waals surface area contributed by atoms with Crippen molar-refractivity contribution in [1.82, 2.24) is 4.90 Å². The summed E-state index contributed by atoms with van der Waals surface area (Å²) >= 11 is 0. The average Bonchev–Trinajstić information content (AvgIpc) is 2.65. The standard InChI is InChI=1S/C13H17NO2/c1-11-4-2-5-12(10-11)16-9-8-14-7-3-6-13(14)15/h2,4-5,10H,3,6-9H2,1H3. The van der Waals surface area contributed by atoms with E-state index in [9.17, 15) is 4.79 Å². The van der Waals surface area contributed by atoms with E-state index >= 15 is 0 Å². The minimum atomic E-state index is 0.257. The van der Waals surface area contributed by atoms with Crippen LogP contribution < -0.4 is 4.74 Å². The Hall–Kier alpha value is -1.51. The molecule has 0 spiro atoms. The maximum absolute atomic E-state index is 11.3. The molecule has 1 aliphatic rings. The first-order chi connectivity index (χ1) is 7.75. The zero-order valence-electron chi connectivity index (χ0n) is 9.61. The van der Waals surface area contributed by atoms with Crippen LogP contribution in [0.4, 0.5) is 0 Å². The molecule has 0 unspecified atom stereocenters. The fourth-order valence-corrected chi connectivity index (χ4v) is 1.92. The van der Waals surface area contributed by atoms with Crippen LogP contribution in [0.1, 0.15) is 18.4 Å². The van der Waals surface area contributed by atoms with E-state index in [0.717, 1.165) is 18.7 Å². The van der Waals surface area contributed by atoms with Crippen molar-refractivity contribution >= 4 is 5.91 Å². The molecule has 3 nitrogen and oxygen atoms in total. The Labute approximate surface area is 96.0 Å². The minimum absolute atomic E-state index is 0.257. The molecule has 1 aromatic carbocycles. The van der Waals surface area contributed by atoms with Gasteiger partial charge in [-0.25, -0.2) is 0 Å². The predicted octanol–water partition coefficient (Wildman–Crippen LogP) is 2.00. The lowest BCUT2D eigenvalue weighted by Gasteiger charge is -2.15. The first-order valence-electron chi connectivity index (χ1n) is 5.73. The van der Waals surface area contributed by atoms with Crippen LogP contribution in [0.3, 0.4) is 0 Å². The van der Waals surface area contributed by atoms with Gasteiger partial charge in [-0.1, -0.05) is 12.1 Å². The smallest absolute Gasteiger partial charge is 0.222 e. The molecule has 1 amide bonds. The van der Waals surface area contributed by atoms with E-state index in [1.807, 2.05) is 36.1 Å². The van der Waals surface area contributed by atoms with E-state index in [-0.39, 0.29) is 5.91 Å². The number of nitrogens with zero attached hydrogens (tertiary/aromatic N) is 1. The van der Waals surface area contributed by atoms with Gasteiger partial charge in [0, 0.05) is 13.0 Å². The Morgan fingerprint density at radius 3 is 3.00 bits per heavy atom. The zero-order chi connectivity index (χ0) is 11.4.